The van der Waals surface area contributed by atoms with E-state index in [1.165, 1.54) is 5.56 Å². The van der Waals surface area contributed by atoms with Crippen LogP contribution in [-0.2, 0) is 5.41 Å². The summed E-state index contributed by atoms with van der Waals surface area (Å²) in [6, 6.07) is 11.6. The predicted octanol–water partition coefficient (Wildman–Crippen LogP) is 3.73. The van der Waals surface area contributed by atoms with E-state index >= 15 is 0 Å². The van der Waals surface area contributed by atoms with Gasteiger partial charge in [-0.2, -0.15) is 5.10 Å². The molecule has 0 spiro atoms. The highest BCUT2D eigenvalue weighted by Crippen LogP contribution is 2.22. The molecule has 2 aromatic heterocycles. The maximum absolute atomic E-state index is 12.4. The standard InChI is InChI=1S/C23H30N6O/c1-15-13-16(2)29(28-15)21-14-20(26-17(3)27-21)24-11-12-25-22(30)18-7-9-19(10-8-18)23(4,5)6/h7-10,13-14H,11-12H2,1-6H3,(H,25,30)(H,24,26,27). The Morgan fingerprint density at radius 2 is 1.70 bits per heavy atom. The SMILES string of the molecule is Cc1cc(C)n(-c2cc(NCCNC(=O)c3ccc(C(C)(C)C)cc3)nc(C)n2)n1. The summed E-state index contributed by atoms with van der Waals surface area (Å²) in [4.78, 5) is 21.3. The maximum Gasteiger partial charge on any atom is 0.251 e. The Morgan fingerprint density at radius 3 is 2.30 bits per heavy atom. The van der Waals surface area contributed by atoms with Crippen LogP contribution in [0.15, 0.2) is 36.4 Å². The molecule has 158 valence electrons. The Balaban J connectivity index is 1.56. The van der Waals surface area contributed by atoms with Gasteiger partial charge in [-0.15, -0.1) is 0 Å². The van der Waals surface area contributed by atoms with Gasteiger partial charge < -0.3 is 10.6 Å². The van der Waals surface area contributed by atoms with Crippen LogP contribution in [0.2, 0.25) is 0 Å². The number of carbonyl (C=O) groups excluding carboxylic acids is 1. The second kappa shape index (κ2) is 8.65. The molecule has 0 aliphatic carbocycles. The predicted molar refractivity (Wildman–Crippen MR) is 119 cm³/mol. The van der Waals surface area contributed by atoms with Crippen LogP contribution >= 0.6 is 0 Å². The van der Waals surface area contributed by atoms with Crippen molar-refractivity contribution in [2.45, 2.75) is 47.0 Å². The smallest absolute Gasteiger partial charge is 0.251 e. The maximum atomic E-state index is 12.4. The zero-order chi connectivity index (χ0) is 21.9. The Kier molecular flexibility index (Phi) is 6.20. The lowest BCUT2D eigenvalue weighted by atomic mass is 9.87. The Bertz CT molecular complexity index is 1030. The minimum absolute atomic E-state index is 0.0703. The van der Waals surface area contributed by atoms with Gasteiger partial charge in [-0.05, 0) is 49.9 Å². The normalized spacial score (nSPS) is 11.4. The van der Waals surface area contributed by atoms with Crippen molar-refractivity contribution < 1.29 is 4.79 Å². The van der Waals surface area contributed by atoms with Crippen LogP contribution in [0.1, 0.15) is 53.9 Å². The fourth-order valence-electron chi connectivity index (χ4n) is 3.20. The Hall–Kier alpha value is -3.22. The highest BCUT2D eigenvalue weighted by Gasteiger charge is 2.14. The number of rotatable bonds is 6. The van der Waals surface area contributed by atoms with Crippen LogP contribution in [-0.4, -0.2) is 38.7 Å². The molecule has 0 bridgehead atoms. The van der Waals surface area contributed by atoms with Crippen molar-refractivity contribution in [2.24, 2.45) is 0 Å². The second-order valence-corrected chi connectivity index (χ2v) is 8.51. The van der Waals surface area contributed by atoms with Crippen LogP contribution in [0.25, 0.3) is 5.82 Å². The third kappa shape index (κ3) is 5.23. The second-order valence-electron chi connectivity index (χ2n) is 8.51. The summed E-state index contributed by atoms with van der Waals surface area (Å²) in [7, 11) is 0. The first-order valence-electron chi connectivity index (χ1n) is 10.2. The zero-order valence-corrected chi connectivity index (χ0v) is 18.6. The molecule has 2 heterocycles. The molecule has 0 fully saturated rings. The molecule has 3 aromatic rings. The zero-order valence-electron chi connectivity index (χ0n) is 18.6. The minimum atomic E-state index is -0.0838. The fraction of sp³-hybridized carbons (Fsp3) is 0.391. The number of hydrogen-bond donors (Lipinski definition) is 2. The van der Waals surface area contributed by atoms with E-state index in [1.807, 2.05) is 57.2 Å². The summed E-state index contributed by atoms with van der Waals surface area (Å²) in [6.07, 6.45) is 0. The average molecular weight is 407 g/mol. The number of benzene rings is 1. The number of aromatic nitrogens is 4. The van der Waals surface area contributed by atoms with Crippen molar-refractivity contribution in [3.63, 3.8) is 0 Å². The van der Waals surface area contributed by atoms with E-state index in [0.717, 1.165) is 17.2 Å². The summed E-state index contributed by atoms with van der Waals surface area (Å²) in [5.41, 5.74) is 3.89. The first-order chi connectivity index (χ1) is 14.1. The third-order valence-electron chi connectivity index (χ3n) is 4.78. The monoisotopic (exact) mass is 406 g/mol. The molecular formula is C23H30N6O. The summed E-state index contributed by atoms with van der Waals surface area (Å²) in [5, 5.41) is 10.7. The number of nitrogens with one attached hydrogen (secondary N) is 2. The molecule has 3 rings (SSSR count). The topological polar surface area (TPSA) is 84.7 Å². The molecule has 30 heavy (non-hydrogen) atoms. The number of nitrogens with zero attached hydrogens (tertiary/aromatic N) is 4. The molecule has 0 radical (unpaired) electrons. The number of hydrogen-bond acceptors (Lipinski definition) is 5. The van der Waals surface area contributed by atoms with Gasteiger partial charge in [0.25, 0.3) is 5.91 Å². The van der Waals surface area contributed by atoms with Crippen molar-refractivity contribution in [1.82, 2.24) is 25.1 Å². The largest absolute Gasteiger partial charge is 0.368 e. The van der Waals surface area contributed by atoms with E-state index in [9.17, 15) is 4.79 Å². The minimum Gasteiger partial charge on any atom is -0.368 e. The van der Waals surface area contributed by atoms with E-state index in [1.54, 1.807) is 4.68 Å². The number of anilines is 1. The lowest BCUT2D eigenvalue weighted by Crippen LogP contribution is -2.29. The highest BCUT2D eigenvalue weighted by molar-refractivity contribution is 5.94. The highest BCUT2D eigenvalue weighted by atomic mass is 16.1. The quantitative estimate of drug-likeness (QED) is 0.610. The molecule has 0 aliphatic rings. The summed E-state index contributed by atoms with van der Waals surface area (Å²) >= 11 is 0. The van der Waals surface area contributed by atoms with Gasteiger partial charge >= 0.3 is 0 Å². The molecular weight excluding hydrogens is 376 g/mol. The van der Waals surface area contributed by atoms with Gasteiger partial charge in [0.2, 0.25) is 0 Å². The van der Waals surface area contributed by atoms with Gasteiger partial charge in [0.05, 0.1) is 5.69 Å². The third-order valence-corrected chi connectivity index (χ3v) is 4.78. The van der Waals surface area contributed by atoms with Crippen molar-refractivity contribution >= 4 is 11.7 Å². The number of aryl methyl sites for hydroxylation is 3. The van der Waals surface area contributed by atoms with Gasteiger partial charge in [-0.3, -0.25) is 4.79 Å². The van der Waals surface area contributed by atoms with Crippen molar-refractivity contribution in [2.75, 3.05) is 18.4 Å². The first kappa shape index (κ1) is 21.5. The van der Waals surface area contributed by atoms with Crippen LogP contribution in [0.4, 0.5) is 5.82 Å². The van der Waals surface area contributed by atoms with Crippen molar-refractivity contribution in [3.05, 3.63) is 64.7 Å². The first-order valence-corrected chi connectivity index (χ1v) is 10.2. The number of carbonyl (C=O) groups is 1. The molecule has 1 aromatic carbocycles. The fourth-order valence-corrected chi connectivity index (χ4v) is 3.20. The van der Waals surface area contributed by atoms with Crippen molar-refractivity contribution in [3.8, 4) is 5.82 Å². The summed E-state index contributed by atoms with van der Waals surface area (Å²) in [5.74, 6) is 2.00. The molecule has 0 saturated heterocycles. The number of amides is 1. The molecule has 1 amide bonds. The average Bonchev–Trinajstić information content (AvgIpc) is 3.02. The van der Waals surface area contributed by atoms with Crippen LogP contribution in [0.5, 0.6) is 0 Å². The molecule has 7 heteroatoms. The van der Waals surface area contributed by atoms with Gasteiger partial charge in [0, 0.05) is 30.4 Å². The molecule has 0 aliphatic heterocycles. The van der Waals surface area contributed by atoms with E-state index < -0.39 is 0 Å². The van der Waals surface area contributed by atoms with Crippen LogP contribution in [0.3, 0.4) is 0 Å². The Morgan fingerprint density at radius 1 is 1.00 bits per heavy atom. The summed E-state index contributed by atoms with van der Waals surface area (Å²) < 4.78 is 1.80. The van der Waals surface area contributed by atoms with Gasteiger partial charge in [0.15, 0.2) is 5.82 Å². The van der Waals surface area contributed by atoms with Gasteiger partial charge in [-0.25, -0.2) is 14.6 Å². The molecule has 0 unspecified atom stereocenters. The lowest BCUT2D eigenvalue weighted by molar-refractivity contribution is 0.0955. The summed E-state index contributed by atoms with van der Waals surface area (Å²) in [6.45, 7) is 13.3. The van der Waals surface area contributed by atoms with Gasteiger partial charge in [-0.1, -0.05) is 32.9 Å². The molecule has 2 N–H and O–H groups in total. The van der Waals surface area contributed by atoms with E-state index in [4.69, 9.17) is 0 Å². The molecule has 0 atom stereocenters. The van der Waals surface area contributed by atoms with Crippen LogP contribution in [0, 0.1) is 20.8 Å². The Labute approximate surface area is 178 Å². The van der Waals surface area contributed by atoms with Gasteiger partial charge in [0.1, 0.15) is 11.6 Å². The molecule has 0 saturated carbocycles. The van der Waals surface area contributed by atoms with E-state index in [-0.39, 0.29) is 11.3 Å². The van der Waals surface area contributed by atoms with E-state index in [2.05, 4.69) is 46.5 Å². The lowest BCUT2D eigenvalue weighted by Gasteiger charge is -2.19. The molecule has 7 nitrogen and oxygen atoms in total. The van der Waals surface area contributed by atoms with E-state index in [0.29, 0.717) is 30.3 Å². The van der Waals surface area contributed by atoms with Crippen molar-refractivity contribution in [1.29, 1.82) is 0 Å². The van der Waals surface area contributed by atoms with Crippen LogP contribution < -0.4 is 10.6 Å².